The molecule has 0 rings (SSSR count). The van der Waals surface area contributed by atoms with E-state index in [9.17, 15) is 4.79 Å². The topological polar surface area (TPSA) is 76.0 Å². The lowest BCUT2D eigenvalue weighted by Gasteiger charge is -2.11. The molecule has 0 fully saturated rings. The van der Waals surface area contributed by atoms with Crippen molar-refractivity contribution in [3.63, 3.8) is 0 Å². The lowest BCUT2D eigenvalue weighted by molar-refractivity contribution is -0.137. The number of carbonyl (C=O) groups excluding carboxylic acids is 1. The molecule has 0 spiro atoms. The van der Waals surface area contributed by atoms with E-state index in [1.165, 1.54) is 6.92 Å². The van der Waals surface area contributed by atoms with Gasteiger partial charge in [0, 0.05) is 11.8 Å². The number of hydrogen-bond acceptors (Lipinski definition) is 4. The van der Waals surface area contributed by atoms with Crippen LogP contribution < -0.4 is 0 Å². The lowest BCUT2D eigenvalue weighted by Crippen LogP contribution is -2.06. The summed E-state index contributed by atoms with van der Waals surface area (Å²) in [6, 6.07) is 0. The Kier molecular flexibility index (Phi) is 5.63. The molecule has 14 heavy (non-hydrogen) atoms. The quantitative estimate of drug-likeness (QED) is 0.343. The third-order valence-corrected chi connectivity index (χ3v) is 2.18. The second kappa shape index (κ2) is 5.68. The molecule has 0 amide bonds. The van der Waals surface area contributed by atoms with Crippen LogP contribution in [0.25, 0.3) is 0 Å². The maximum absolute atomic E-state index is 11.0. The Hall–Kier alpha value is -0.130. The van der Waals surface area contributed by atoms with Crippen molar-refractivity contribution < 1.29 is 23.8 Å². The van der Waals surface area contributed by atoms with E-state index in [1.807, 2.05) is 0 Å². The number of carbonyl (C=O) groups is 1. The van der Waals surface area contributed by atoms with Gasteiger partial charge in [-0.05, 0) is 13.8 Å². The molecule has 0 aromatic heterocycles. The van der Waals surface area contributed by atoms with Crippen LogP contribution in [0.5, 0.6) is 0 Å². The van der Waals surface area contributed by atoms with E-state index >= 15 is 0 Å². The van der Waals surface area contributed by atoms with Crippen molar-refractivity contribution in [2.75, 3.05) is 6.61 Å². The fourth-order valence-electron chi connectivity index (χ4n) is 0.557. The van der Waals surface area contributed by atoms with E-state index in [0.717, 1.165) is 0 Å². The average Bonchev–Trinajstić information content (AvgIpc) is 2.00. The summed E-state index contributed by atoms with van der Waals surface area (Å²) >= 11 is 9.68. The van der Waals surface area contributed by atoms with E-state index in [4.69, 9.17) is 21.4 Å². The summed E-state index contributed by atoms with van der Waals surface area (Å²) in [4.78, 5) is 28.5. The van der Waals surface area contributed by atoms with Gasteiger partial charge in [-0.2, -0.15) is 0 Å². The summed E-state index contributed by atoms with van der Waals surface area (Å²) in [5.41, 5.74) is 0. The Balaban J connectivity index is 4.59. The third kappa shape index (κ3) is 5.57. The predicted octanol–water partition coefficient (Wildman–Crippen LogP) is 1.25. The standard InChI is InChI=1S/C6H10ClO5PS/c1-3-11-6(8)5(7)4(2)12-13(9,10)14/h3H2,1-2H3,(H2,9,10,14). The molecule has 0 aromatic carbocycles. The molecule has 0 unspecified atom stereocenters. The Morgan fingerprint density at radius 2 is 2.07 bits per heavy atom. The zero-order valence-electron chi connectivity index (χ0n) is 7.56. The van der Waals surface area contributed by atoms with Gasteiger partial charge in [0.25, 0.3) is 0 Å². The van der Waals surface area contributed by atoms with Gasteiger partial charge in [0.2, 0.25) is 0 Å². The second-order valence-electron chi connectivity index (χ2n) is 2.17. The van der Waals surface area contributed by atoms with Gasteiger partial charge in [0.1, 0.15) is 5.76 Å². The number of ether oxygens (including phenoxy) is 1. The van der Waals surface area contributed by atoms with E-state index in [0.29, 0.717) is 0 Å². The lowest BCUT2D eigenvalue weighted by atomic mass is 10.5. The van der Waals surface area contributed by atoms with Crippen molar-refractivity contribution in [1.82, 2.24) is 0 Å². The van der Waals surface area contributed by atoms with Gasteiger partial charge in [-0.25, -0.2) is 4.79 Å². The molecule has 5 nitrogen and oxygen atoms in total. The molecule has 0 aliphatic carbocycles. The number of halogens is 1. The van der Waals surface area contributed by atoms with Gasteiger partial charge in [-0.15, -0.1) is 0 Å². The maximum atomic E-state index is 11.0. The van der Waals surface area contributed by atoms with Crippen LogP contribution >= 0.6 is 18.3 Å². The van der Waals surface area contributed by atoms with Crippen LogP contribution in [0, 0.1) is 0 Å². The molecule has 0 saturated heterocycles. The molecule has 82 valence electrons. The van der Waals surface area contributed by atoms with Crippen LogP contribution in [-0.4, -0.2) is 22.4 Å². The van der Waals surface area contributed by atoms with Gasteiger partial charge >= 0.3 is 12.7 Å². The minimum Gasteiger partial charge on any atom is -0.462 e. The largest absolute Gasteiger partial charge is 0.462 e. The smallest absolute Gasteiger partial charge is 0.374 e. The van der Waals surface area contributed by atoms with Gasteiger partial charge in [-0.1, -0.05) is 11.6 Å². The maximum Gasteiger partial charge on any atom is 0.374 e. The number of allylic oxidation sites excluding steroid dienone is 1. The van der Waals surface area contributed by atoms with Crippen LogP contribution in [0.2, 0.25) is 0 Å². The van der Waals surface area contributed by atoms with Crippen LogP contribution in [0.1, 0.15) is 13.8 Å². The molecule has 0 bridgehead atoms. The predicted molar refractivity (Wildman–Crippen MR) is 55.0 cm³/mol. The van der Waals surface area contributed by atoms with Crippen LogP contribution in [-0.2, 0) is 25.9 Å². The summed E-state index contributed by atoms with van der Waals surface area (Å²) in [7, 11) is 0. The van der Waals surface area contributed by atoms with Crippen molar-refractivity contribution in [3.8, 4) is 0 Å². The van der Waals surface area contributed by atoms with E-state index in [1.54, 1.807) is 6.92 Å². The normalized spacial score (nSPS) is 13.2. The SMILES string of the molecule is CCOC(=O)C(Cl)=C(C)OP(O)(O)=S. The highest BCUT2D eigenvalue weighted by Crippen LogP contribution is 2.40. The van der Waals surface area contributed by atoms with E-state index in [2.05, 4.69) is 21.1 Å². The average molecular weight is 261 g/mol. The van der Waals surface area contributed by atoms with Crippen molar-refractivity contribution >= 4 is 36.1 Å². The molecule has 0 saturated carbocycles. The minimum absolute atomic E-state index is 0.161. The molecular weight excluding hydrogens is 251 g/mol. The molecule has 8 heteroatoms. The highest BCUT2D eigenvalue weighted by Gasteiger charge is 2.17. The van der Waals surface area contributed by atoms with Gasteiger partial charge in [0.05, 0.1) is 6.61 Å². The number of rotatable bonds is 4. The summed E-state index contributed by atoms with van der Waals surface area (Å²) in [6.07, 6.45) is 0. The molecular formula is C6H10ClO5PS. The molecule has 0 aliphatic rings. The molecule has 0 aromatic rings. The third-order valence-electron chi connectivity index (χ3n) is 1.02. The summed E-state index contributed by atoms with van der Waals surface area (Å²) < 4.78 is 9.00. The second-order valence-corrected chi connectivity index (χ2v) is 5.14. The summed E-state index contributed by atoms with van der Waals surface area (Å²) in [6.45, 7) is -0.793. The fraction of sp³-hybridized carbons (Fsp3) is 0.500. The van der Waals surface area contributed by atoms with E-state index in [-0.39, 0.29) is 17.4 Å². The number of esters is 1. The van der Waals surface area contributed by atoms with Crippen LogP contribution in [0.15, 0.2) is 10.8 Å². The van der Waals surface area contributed by atoms with Crippen LogP contribution in [0.3, 0.4) is 0 Å². The highest BCUT2D eigenvalue weighted by molar-refractivity contribution is 8.06. The molecule has 0 radical (unpaired) electrons. The number of hydrogen-bond donors (Lipinski definition) is 2. The Labute approximate surface area is 91.5 Å². The molecule has 0 heterocycles. The van der Waals surface area contributed by atoms with Crippen molar-refractivity contribution in [2.45, 2.75) is 13.8 Å². The molecule has 2 N–H and O–H groups in total. The highest BCUT2D eigenvalue weighted by atomic mass is 35.5. The first-order valence-corrected chi connectivity index (χ1v) is 6.57. The monoisotopic (exact) mass is 260 g/mol. The zero-order valence-corrected chi connectivity index (χ0v) is 10.0. The van der Waals surface area contributed by atoms with Crippen molar-refractivity contribution in [1.29, 1.82) is 0 Å². The molecule has 0 atom stereocenters. The summed E-state index contributed by atoms with van der Waals surface area (Å²) in [5, 5.41) is -0.357. The first-order valence-electron chi connectivity index (χ1n) is 3.56. The first kappa shape index (κ1) is 13.9. The Morgan fingerprint density at radius 1 is 1.57 bits per heavy atom. The first-order chi connectivity index (χ1) is 6.28. The fourth-order valence-corrected chi connectivity index (χ4v) is 1.49. The molecule has 0 aliphatic heterocycles. The van der Waals surface area contributed by atoms with Gasteiger partial charge in [0.15, 0.2) is 5.03 Å². The van der Waals surface area contributed by atoms with Gasteiger partial charge < -0.3 is 19.0 Å². The zero-order chi connectivity index (χ0) is 11.4. The summed E-state index contributed by atoms with van der Waals surface area (Å²) in [5.74, 6) is -0.964. The van der Waals surface area contributed by atoms with E-state index < -0.39 is 12.7 Å². The van der Waals surface area contributed by atoms with Gasteiger partial charge in [-0.3, -0.25) is 0 Å². The minimum atomic E-state index is -3.85. The Morgan fingerprint density at radius 3 is 2.43 bits per heavy atom. The Bertz CT molecular complexity index is 297. The van der Waals surface area contributed by atoms with Crippen molar-refractivity contribution in [2.24, 2.45) is 0 Å². The van der Waals surface area contributed by atoms with Crippen molar-refractivity contribution in [3.05, 3.63) is 10.8 Å². The van der Waals surface area contributed by atoms with Crippen LogP contribution in [0.4, 0.5) is 0 Å².